The lowest BCUT2D eigenvalue weighted by Gasteiger charge is -2.29. The van der Waals surface area contributed by atoms with E-state index in [1.807, 2.05) is 6.92 Å². The number of esters is 1. The van der Waals surface area contributed by atoms with E-state index in [0.29, 0.717) is 17.7 Å². The Morgan fingerprint density at radius 2 is 1.97 bits per heavy atom. The van der Waals surface area contributed by atoms with Crippen LogP contribution in [0.15, 0.2) is 23.4 Å². The van der Waals surface area contributed by atoms with Gasteiger partial charge in [0.1, 0.15) is 0 Å². The van der Waals surface area contributed by atoms with Crippen LogP contribution in [0.1, 0.15) is 44.7 Å². The second kappa shape index (κ2) is 9.76. The smallest absolute Gasteiger partial charge is 0.338 e. The Morgan fingerprint density at radius 1 is 1.24 bits per heavy atom. The molecular formula is C19H25N3O7. The number of nitrogens with zero attached hydrogens (tertiary/aromatic N) is 1. The van der Waals surface area contributed by atoms with Crippen LogP contribution in [0.25, 0.3) is 0 Å². The van der Waals surface area contributed by atoms with Crippen molar-refractivity contribution >= 4 is 17.7 Å². The first kappa shape index (κ1) is 22.0. The van der Waals surface area contributed by atoms with Crippen LogP contribution in [0.3, 0.4) is 0 Å². The van der Waals surface area contributed by atoms with Crippen LogP contribution in [0.2, 0.25) is 0 Å². The fourth-order valence-electron chi connectivity index (χ4n) is 3.14. The molecule has 0 aromatic heterocycles. The number of nitro benzene ring substituents is 1. The Bertz CT molecular complexity index is 835. The van der Waals surface area contributed by atoms with E-state index in [4.69, 9.17) is 14.2 Å². The highest BCUT2D eigenvalue weighted by atomic mass is 16.6. The lowest BCUT2D eigenvalue weighted by molar-refractivity contribution is -0.385. The number of amides is 2. The van der Waals surface area contributed by atoms with E-state index < -0.39 is 23.0 Å². The third-order valence-corrected chi connectivity index (χ3v) is 4.44. The maximum absolute atomic E-state index is 12.7. The van der Waals surface area contributed by atoms with Crippen molar-refractivity contribution in [2.24, 2.45) is 0 Å². The first-order valence-electron chi connectivity index (χ1n) is 9.25. The minimum atomic E-state index is -0.937. The van der Waals surface area contributed by atoms with Gasteiger partial charge in [0, 0.05) is 11.8 Å². The Labute approximate surface area is 168 Å². The molecule has 1 aliphatic rings. The number of methoxy groups -OCH3 is 2. The van der Waals surface area contributed by atoms with Gasteiger partial charge in [0.15, 0.2) is 5.75 Å². The van der Waals surface area contributed by atoms with Crippen LogP contribution < -0.4 is 20.1 Å². The standard InChI is InChI=1S/C19H25N3O7/c1-5-7-8-12-15(18(23)29-6-2)16(21-19(24)20-12)11-9-13(22(25)26)17(28-4)14(10-11)27-3/h9-10,16H,5-8H2,1-4H3,(H2,20,21,24). The number of nitrogens with one attached hydrogen (secondary N) is 2. The van der Waals surface area contributed by atoms with Gasteiger partial charge >= 0.3 is 17.7 Å². The molecule has 1 unspecified atom stereocenters. The highest BCUT2D eigenvalue weighted by Crippen LogP contribution is 2.41. The fourth-order valence-corrected chi connectivity index (χ4v) is 3.14. The van der Waals surface area contributed by atoms with Crippen LogP contribution in [0.5, 0.6) is 11.5 Å². The molecule has 158 valence electrons. The average Bonchev–Trinajstić information content (AvgIpc) is 2.70. The average molecular weight is 407 g/mol. The van der Waals surface area contributed by atoms with Gasteiger partial charge in [-0.05, 0) is 31.4 Å². The molecule has 29 heavy (non-hydrogen) atoms. The second-order valence-corrected chi connectivity index (χ2v) is 6.28. The first-order chi connectivity index (χ1) is 13.9. The van der Waals surface area contributed by atoms with E-state index >= 15 is 0 Å². The number of nitro groups is 1. The molecular weight excluding hydrogens is 382 g/mol. The Hall–Kier alpha value is -3.30. The van der Waals surface area contributed by atoms with Crippen LogP contribution >= 0.6 is 0 Å². The maximum Gasteiger partial charge on any atom is 0.338 e. The van der Waals surface area contributed by atoms with Crippen LogP contribution in [0.4, 0.5) is 10.5 Å². The zero-order valence-electron chi connectivity index (χ0n) is 16.9. The van der Waals surface area contributed by atoms with E-state index in [1.165, 1.54) is 26.4 Å². The SMILES string of the molecule is CCCCC1=C(C(=O)OCC)C(c2cc(OC)c(OC)c([N+](=O)[O-])c2)NC(=O)N1. The Morgan fingerprint density at radius 3 is 2.52 bits per heavy atom. The van der Waals surface area contributed by atoms with Gasteiger partial charge in [-0.2, -0.15) is 0 Å². The van der Waals surface area contributed by atoms with Crippen molar-refractivity contribution in [3.8, 4) is 11.5 Å². The zero-order valence-corrected chi connectivity index (χ0v) is 16.9. The lowest BCUT2D eigenvalue weighted by atomic mass is 9.92. The van der Waals surface area contributed by atoms with E-state index in [-0.39, 0.29) is 29.4 Å². The summed E-state index contributed by atoms with van der Waals surface area (Å²) in [5, 5.41) is 16.9. The molecule has 10 heteroatoms. The molecule has 0 radical (unpaired) electrons. The van der Waals surface area contributed by atoms with Gasteiger partial charge in [0.2, 0.25) is 5.75 Å². The number of urea groups is 1. The maximum atomic E-state index is 12.7. The van der Waals surface area contributed by atoms with Gasteiger partial charge in [0.25, 0.3) is 0 Å². The van der Waals surface area contributed by atoms with Crippen molar-refractivity contribution < 1.29 is 28.7 Å². The number of allylic oxidation sites excluding steroid dienone is 1. The van der Waals surface area contributed by atoms with Gasteiger partial charge in [0.05, 0.1) is 37.4 Å². The molecule has 0 aliphatic carbocycles. The summed E-state index contributed by atoms with van der Waals surface area (Å²) in [4.78, 5) is 35.9. The highest BCUT2D eigenvalue weighted by molar-refractivity contribution is 5.95. The van der Waals surface area contributed by atoms with E-state index in [2.05, 4.69) is 10.6 Å². The number of rotatable bonds is 9. The normalized spacial score (nSPS) is 16.0. The minimum Gasteiger partial charge on any atom is -0.493 e. The zero-order chi connectivity index (χ0) is 21.6. The van der Waals surface area contributed by atoms with Crippen LogP contribution in [-0.4, -0.2) is 37.8 Å². The topological polar surface area (TPSA) is 129 Å². The summed E-state index contributed by atoms with van der Waals surface area (Å²) in [6.45, 7) is 3.81. The fraction of sp³-hybridized carbons (Fsp3) is 0.474. The van der Waals surface area contributed by atoms with Gasteiger partial charge in [-0.1, -0.05) is 13.3 Å². The molecule has 2 rings (SSSR count). The Balaban J connectivity index is 2.67. The van der Waals surface area contributed by atoms with Crippen molar-refractivity contribution in [3.63, 3.8) is 0 Å². The van der Waals surface area contributed by atoms with Gasteiger partial charge in [-0.25, -0.2) is 9.59 Å². The molecule has 1 heterocycles. The summed E-state index contributed by atoms with van der Waals surface area (Å²) in [7, 11) is 2.64. The first-order valence-corrected chi connectivity index (χ1v) is 9.25. The second-order valence-electron chi connectivity index (χ2n) is 6.28. The van der Waals surface area contributed by atoms with Crippen molar-refractivity contribution in [1.82, 2.24) is 10.6 Å². The number of carbonyl (C=O) groups is 2. The summed E-state index contributed by atoms with van der Waals surface area (Å²) >= 11 is 0. The van der Waals surface area contributed by atoms with Crippen molar-refractivity contribution in [2.45, 2.75) is 39.2 Å². The molecule has 1 aromatic carbocycles. The summed E-state index contributed by atoms with van der Waals surface area (Å²) in [6.07, 6.45) is 2.07. The number of hydrogen-bond donors (Lipinski definition) is 2. The largest absolute Gasteiger partial charge is 0.493 e. The van der Waals surface area contributed by atoms with Gasteiger partial charge in [-0.15, -0.1) is 0 Å². The van der Waals surface area contributed by atoms with Gasteiger partial charge < -0.3 is 24.8 Å². The monoisotopic (exact) mass is 407 g/mol. The third-order valence-electron chi connectivity index (χ3n) is 4.44. The van der Waals surface area contributed by atoms with Crippen molar-refractivity contribution in [2.75, 3.05) is 20.8 Å². The van der Waals surface area contributed by atoms with E-state index in [9.17, 15) is 19.7 Å². The molecule has 10 nitrogen and oxygen atoms in total. The molecule has 0 fully saturated rings. The van der Waals surface area contributed by atoms with E-state index in [1.54, 1.807) is 6.92 Å². The molecule has 2 N–H and O–H groups in total. The predicted molar refractivity (Wildman–Crippen MR) is 104 cm³/mol. The van der Waals surface area contributed by atoms with Crippen molar-refractivity contribution in [1.29, 1.82) is 0 Å². The minimum absolute atomic E-state index is 0.0469. The summed E-state index contributed by atoms with van der Waals surface area (Å²) in [6, 6.07) is 1.31. The molecule has 1 aromatic rings. The molecule has 2 amide bonds. The van der Waals surface area contributed by atoms with Crippen LogP contribution in [-0.2, 0) is 9.53 Å². The quantitative estimate of drug-likeness (QED) is 0.366. The summed E-state index contributed by atoms with van der Waals surface area (Å²) < 4.78 is 15.5. The lowest BCUT2D eigenvalue weighted by Crippen LogP contribution is -2.46. The number of ether oxygens (including phenoxy) is 3. The number of unbranched alkanes of at least 4 members (excludes halogenated alkanes) is 1. The molecule has 0 saturated heterocycles. The molecule has 1 aliphatic heterocycles. The molecule has 0 saturated carbocycles. The van der Waals surface area contributed by atoms with Gasteiger partial charge in [-0.3, -0.25) is 10.1 Å². The van der Waals surface area contributed by atoms with E-state index in [0.717, 1.165) is 12.8 Å². The summed E-state index contributed by atoms with van der Waals surface area (Å²) in [5.74, 6) is -0.536. The molecule has 0 bridgehead atoms. The summed E-state index contributed by atoms with van der Waals surface area (Å²) in [5.41, 5.74) is 0.618. The third kappa shape index (κ3) is 4.76. The number of carbonyl (C=O) groups excluding carboxylic acids is 2. The Kier molecular flexibility index (Phi) is 7.40. The highest BCUT2D eigenvalue weighted by Gasteiger charge is 2.35. The molecule has 0 spiro atoms. The number of benzene rings is 1. The predicted octanol–water partition coefficient (Wildman–Crippen LogP) is 2.97. The van der Waals surface area contributed by atoms with Crippen LogP contribution in [0, 0.1) is 10.1 Å². The molecule has 1 atom stereocenters. The van der Waals surface area contributed by atoms with Crippen molar-refractivity contribution in [3.05, 3.63) is 39.1 Å². The number of hydrogen-bond acceptors (Lipinski definition) is 7.